The molecule has 3 heterocycles. The Bertz CT molecular complexity index is 431. The fourth-order valence-electron chi connectivity index (χ4n) is 3.57. The molecule has 0 bridgehead atoms. The van der Waals surface area contributed by atoms with Crippen molar-refractivity contribution in [1.82, 2.24) is 19.9 Å². The van der Waals surface area contributed by atoms with E-state index in [0.29, 0.717) is 12.0 Å². The molecule has 0 amide bonds. The Kier molecular flexibility index (Phi) is 5.22. The topological polar surface area (TPSA) is 34.0 Å². The molecular weight excluding hydrogens is 280 g/mol. The summed E-state index contributed by atoms with van der Waals surface area (Å²) in [4.78, 5) is 2.72. The molecule has 2 aliphatic rings. The number of aromatic nitrogens is 3. The first kappa shape index (κ1) is 15.3. The average molecular weight is 308 g/mol. The van der Waals surface area contributed by atoms with Crippen LogP contribution >= 0.6 is 11.8 Å². The molecule has 0 radical (unpaired) electrons. The van der Waals surface area contributed by atoms with Gasteiger partial charge in [0, 0.05) is 25.3 Å². The predicted octanol–water partition coefficient (Wildman–Crippen LogP) is 3.01. The molecule has 3 rings (SSSR count). The number of thioether (sulfide) groups is 1. The molecule has 0 atom stereocenters. The van der Waals surface area contributed by atoms with Crippen molar-refractivity contribution in [3.05, 3.63) is 11.9 Å². The van der Waals surface area contributed by atoms with E-state index >= 15 is 0 Å². The van der Waals surface area contributed by atoms with E-state index < -0.39 is 0 Å². The Labute approximate surface area is 132 Å². The second kappa shape index (κ2) is 7.14. The van der Waals surface area contributed by atoms with Crippen LogP contribution in [0.2, 0.25) is 0 Å². The van der Waals surface area contributed by atoms with Crippen LogP contribution < -0.4 is 0 Å². The lowest BCUT2D eigenvalue weighted by molar-refractivity contribution is 0.123. The Hall–Kier alpha value is -0.550. The van der Waals surface area contributed by atoms with Crippen LogP contribution in [0.4, 0.5) is 0 Å². The standard InChI is InChI=1S/C16H28N4S/c1-13(2)11-14-12-20(18-17-14)16-3-7-19(8-4-16)15-5-9-21-10-6-15/h12-13,15-16H,3-11H2,1-2H3. The molecule has 0 spiro atoms. The molecule has 5 heteroatoms. The van der Waals surface area contributed by atoms with Gasteiger partial charge in [0.15, 0.2) is 0 Å². The summed E-state index contributed by atoms with van der Waals surface area (Å²) in [5, 5.41) is 8.71. The van der Waals surface area contributed by atoms with Gasteiger partial charge in [-0.1, -0.05) is 19.1 Å². The van der Waals surface area contributed by atoms with E-state index in [1.54, 1.807) is 0 Å². The van der Waals surface area contributed by atoms with Gasteiger partial charge >= 0.3 is 0 Å². The second-order valence-corrected chi connectivity index (χ2v) is 8.12. The fourth-order valence-corrected chi connectivity index (χ4v) is 4.65. The summed E-state index contributed by atoms with van der Waals surface area (Å²) in [6.45, 7) is 6.94. The van der Waals surface area contributed by atoms with Crippen LogP contribution in [-0.2, 0) is 6.42 Å². The van der Waals surface area contributed by atoms with E-state index in [1.165, 1.54) is 50.3 Å². The van der Waals surface area contributed by atoms with Crippen molar-refractivity contribution in [2.45, 2.75) is 58.0 Å². The summed E-state index contributed by atoms with van der Waals surface area (Å²) in [7, 11) is 0. The highest BCUT2D eigenvalue weighted by Crippen LogP contribution is 2.28. The Morgan fingerprint density at radius 3 is 2.52 bits per heavy atom. The predicted molar refractivity (Wildman–Crippen MR) is 88.8 cm³/mol. The quantitative estimate of drug-likeness (QED) is 0.856. The van der Waals surface area contributed by atoms with Gasteiger partial charge in [0.05, 0.1) is 11.7 Å². The highest BCUT2D eigenvalue weighted by Gasteiger charge is 2.27. The van der Waals surface area contributed by atoms with Gasteiger partial charge in [0.1, 0.15) is 0 Å². The fraction of sp³-hybridized carbons (Fsp3) is 0.875. The maximum absolute atomic E-state index is 4.38. The molecule has 0 aliphatic carbocycles. The zero-order valence-corrected chi connectivity index (χ0v) is 14.2. The molecule has 4 nitrogen and oxygen atoms in total. The third kappa shape index (κ3) is 4.01. The number of piperidine rings is 1. The van der Waals surface area contributed by atoms with Crippen molar-refractivity contribution >= 4 is 11.8 Å². The summed E-state index contributed by atoms with van der Waals surface area (Å²) < 4.78 is 2.13. The lowest BCUT2D eigenvalue weighted by Crippen LogP contribution is -2.43. The minimum absolute atomic E-state index is 0.563. The smallest absolute Gasteiger partial charge is 0.0829 e. The second-order valence-electron chi connectivity index (χ2n) is 6.90. The summed E-state index contributed by atoms with van der Waals surface area (Å²) in [6, 6.07) is 1.41. The Balaban J connectivity index is 1.51. The molecular formula is C16H28N4S. The van der Waals surface area contributed by atoms with Crippen molar-refractivity contribution in [1.29, 1.82) is 0 Å². The summed E-state index contributed by atoms with van der Waals surface area (Å²) in [5.74, 6) is 3.36. The average Bonchev–Trinajstić information content (AvgIpc) is 2.96. The number of nitrogens with zero attached hydrogens (tertiary/aromatic N) is 4. The Morgan fingerprint density at radius 2 is 1.86 bits per heavy atom. The zero-order chi connectivity index (χ0) is 14.7. The van der Waals surface area contributed by atoms with Gasteiger partial charge in [-0.25, -0.2) is 4.68 Å². The van der Waals surface area contributed by atoms with Crippen LogP contribution in [-0.4, -0.2) is 50.5 Å². The SMILES string of the molecule is CC(C)Cc1cn(C2CCN(C3CCSCC3)CC2)nn1. The van der Waals surface area contributed by atoms with Gasteiger partial charge < -0.3 is 4.90 Å². The van der Waals surface area contributed by atoms with Gasteiger partial charge in [-0.2, -0.15) is 11.8 Å². The van der Waals surface area contributed by atoms with Gasteiger partial charge in [-0.15, -0.1) is 5.10 Å². The van der Waals surface area contributed by atoms with Crippen molar-refractivity contribution in [2.24, 2.45) is 5.92 Å². The van der Waals surface area contributed by atoms with E-state index in [-0.39, 0.29) is 0 Å². The first-order chi connectivity index (χ1) is 10.2. The van der Waals surface area contributed by atoms with E-state index in [4.69, 9.17) is 0 Å². The third-order valence-electron chi connectivity index (χ3n) is 4.76. The minimum atomic E-state index is 0.563. The normalized spacial score (nSPS) is 23.0. The lowest BCUT2D eigenvalue weighted by Gasteiger charge is -2.39. The highest BCUT2D eigenvalue weighted by atomic mass is 32.2. The van der Waals surface area contributed by atoms with Crippen molar-refractivity contribution in [3.63, 3.8) is 0 Å². The molecule has 0 unspecified atom stereocenters. The number of likely N-dealkylation sites (tertiary alicyclic amines) is 1. The first-order valence-corrected chi connectivity index (χ1v) is 9.60. The molecule has 1 aromatic rings. The molecule has 0 N–H and O–H groups in total. The van der Waals surface area contributed by atoms with Crippen molar-refractivity contribution < 1.29 is 0 Å². The summed E-state index contributed by atoms with van der Waals surface area (Å²) in [5.41, 5.74) is 1.15. The van der Waals surface area contributed by atoms with E-state index in [0.717, 1.165) is 18.2 Å². The molecule has 1 aromatic heterocycles. The molecule has 2 saturated heterocycles. The molecule has 2 fully saturated rings. The number of rotatable bonds is 4. The Morgan fingerprint density at radius 1 is 1.14 bits per heavy atom. The van der Waals surface area contributed by atoms with E-state index in [9.17, 15) is 0 Å². The van der Waals surface area contributed by atoms with Crippen LogP contribution in [0.25, 0.3) is 0 Å². The maximum Gasteiger partial charge on any atom is 0.0829 e. The largest absolute Gasteiger partial charge is 0.300 e. The van der Waals surface area contributed by atoms with Gasteiger partial charge in [-0.3, -0.25) is 0 Å². The van der Waals surface area contributed by atoms with Crippen LogP contribution in [0.5, 0.6) is 0 Å². The molecule has 21 heavy (non-hydrogen) atoms. The lowest BCUT2D eigenvalue weighted by atomic mass is 10.0. The summed E-state index contributed by atoms with van der Waals surface area (Å²) in [6.07, 6.45) is 8.45. The number of hydrogen-bond acceptors (Lipinski definition) is 4. The maximum atomic E-state index is 4.38. The van der Waals surface area contributed by atoms with Gasteiger partial charge in [0.25, 0.3) is 0 Å². The zero-order valence-electron chi connectivity index (χ0n) is 13.4. The minimum Gasteiger partial charge on any atom is -0.300 e. The van der Waals surface area contributed by atoms with E-state index in [1.807, 2.05) is 0 Å². The van der Waals surface area contributed by atoms with Crippen LogP contribution in [0.1, 0.15) is 51.3 Å². The van der Waals surface area contributed by atoms with Crippen LogP contribution in [0.3, 0.4) is 0 Å². The van der Waals surface area contributed by atoms with Crippen LogP contribution in [0.15, 0.2) is 6.20 Å². The third-order valence-corrected chi connectivity index (χ3v) is 5.80. The van der Waals surface area contributed by atoms with Gasteiger partial charge in [-0.05, 0) is 49.5 Å². The molecule has 0 saturated carbocycles. The van der Waals surface area contributed by atoms with Crippen molar-refractivity contribution in [2.75, 3.05) is 24.6 Å². The molecule has 118 valence electrons. The summed E-state index contributed by atoms with van der Waals surface area (Å²) >= 11 is 2.12. The van der Waals surface area contributed by atoms with E-state index in [2.05, 4.69) is 51.7 Å². The number of hydrogen-bond donors (Lipinski definition) is 0. The highest BCUT2D eigenvalue weighted by molar-refractivity contribution is 7.99. The van der Waals surface area contributed by atoms with Gasteiger partial charge in [0.2, 0.25) is 0 Å². The first-order valence-electron chi connectivity index (χ1n) is 8.45. The molecule has 0 aromatic carbocycles. The van der Waals surface area contributed by atoms with Crippen LogP contribution in [0, 0.1) is 5.92 Å². The monoisotopic (exact) mass is 308 g/mol. The van der Waals surface area contributed by atoms with Crippen molar-refractivity contribution in [3.8, 4) is 0 Å². The molecule has 2 aliphatic heterocycles.